The molecule has 0 heterocycles. The topological polar surface area (TPSA) is 77.4 Å². The third kappa shape index (κ3) is 17.3. The van der Waals surface area contributed by atoms with Crippen molar-refractivity contribution < 1.29 is 26.7 Å². The molecule has 0 spiro atoms. The highest BCUT2D eigenvalue weighted by Gasteiger charge is 2.42. The van der Waals surface area contributed by atoms with Gasteiger partial charge in [-0.25, -0.2) is 0 Å². The van der Waals surface area contributed by atoms with Crippen molar-refractivity contribution in [3.63, 3.8) is 0 Å². The van der Waals surface area contributed by atoms with Crippen LogP contribution in [-0.4, -0.2) is 73.8 Å². The van der Waals surface area contributed by atoms with Crippen LogP contribution >= 0.6 is 0 Å². The van der Waals surface area contributed by atoms with E-state index in [1.807, 2.05) is 0 Å². The molecular weight excluding hydrogens is 541 g/mol. The summed E-state index contributed by atoms with van der Waals surface area (Å²) in [5.41, 5.74) is -0.485. The average molecular weight is 601 g/mol. The van der Waals surface area contributed by atoms with E-state index in [2.05, 4.69) is 91.7 Å². The van der Waals surface area contributed by atoms with Crippen molar-refractivity contribution in [3.05, 3.63) is 0 Å². The quantitative estimate of drug-likeness (QED) is 0.164. The predicted octanol–water partition coefficient (Wildman–Crippen LogP) is 7.07. The van der Waals surface area contributed by atoms with E-state index in [1.165, 1.54) is 0 Å². The van der Waals surface area contributed by atoms with Gasteiger partial charge >= 0.3 is 17.1 Å². The van der Waals surface area contributed by atoms with Gasteiger partial charge in [0.2, 0.25) is 0 Å². The van der Waals surface area contributed by atoms with Crippen LogP contribution in [0.25, 0.3) is 0 Å². The Balaban J connectivity index is 5.34. The van der Waals surface area contributed by atoms with Gasteiger partial charge in [0.1, 0.15) is 0 Å². The molecular formula is C23H60O6Si6. The summed E-state index contributed by atoms with van der Waals surface area (Å²) in [6, 6.07) is 1.79. The highest BCUT2D eigenvalue weighted by Crippen LogP contribution is 2.35. The van der Waals surface area contributed by atoms with Crippen molar-refractivity contribution in [1.82, 2.24) is 0 Å². The van der Waals surface area contributed by atoms with Gasteiger partial charge in [-0.1, -0.05) is 12.8 Å². The largest absolute Gasteiger partial charge is 0.437 e. The molecule has 0 aromatic heterocycles. The van der Waals surface area contributed by atoms with Crippen LogP contribution < -0.4 is 0 Å². The minimum Gasteiger partial charge on any atom is -0.437 e. The highest BCUT2D eigenvalue weighted by atomic mass is 28.5. The second kappa shape index (κ2) is 13.4. The molecule has 12 heteroatoms. The van der Waals surface area contributed by atoms with E-state index in [0.717, 1.165) is 37.8 Å². The molecule has 0 atom stereocenters. The minimum atomic E-state index is -2.32. The molecule has 0 unspecified atom stereocenters. The lowest BCUT2D eigenvalue weighted by Gasteiger charge is -2.40. The summed E-state index contributed by atoms with van der Waals surface area (Å²) in [6.07, 6.45) is 3.33. The molecule has 6 nitrogen and oxygen atoms in total. The van der Waals surface area contributed by atoms with E-state index < -0.39 is 55.8 Å². The second-order valence-corrected chi connectivity index (χ2v) is 40.3. The van der Waals surface area contributed by atoms with Gasteiger partial charge in [0.05, 0.1) is 13.2 Å². The summed E-state index contributed by atoms with van der Waals surface area (Å²) in [4.78, 5) is 0. The van der Waals surface area contributed by atoms with E-state index in [9.17, 15) is 10.2 Å². The maximum absolute atomic E-state index is 10.3. The fourth-order valence-corrected chi connectivity index (χ4v) is 30.0. The van der Waals surface area contributed by atoms with Crippen LogP contribution in [0.1, 0.15) is 25.7 Å². The number of hydrogen-bond acceptors (Lipinski definition) is 6. The van der Waals surface area contributed by atoms with E-state index in [4.69, 9.17) is 16.5 Å². The molecule has 0 saturated carbocycles. The third-order valence-electron chi connectivity index (χ3n) is 5.44. The Morgan fingerprint density at radius 2 is 0.686 bits per heavy atom. The maximum Gasteiger partial charge on any atom is 0.314 e. The van der Waals surface area contributed by atoms with Gasteiger partial charge in [-0.05, 0) is 117 Å². The molecule has 0 aliphatic rings. The highest BCUT2D eigenvalue weighted by molar-refractivity contribution is 6.88. The van der Waals surface area contributed by atoms with Crippen LogP contribution in [-0.2, 0) is 16.5 Å². The Kier molecular flexibility index (Phi) is 13.8. The Morgan fingerprint density at radius 1 is 0.457 bits per heavy atom. The fourth-order valence-electron chi connectivity index (χ4n) is 4.90. The van der Waals surface area contributed by atoms with Crippen LogP contribution in [0, 0.1) is 5.41 Å². The van der Waals surface area contributed by atoms with E-state index >= 15 is 0 Å². The van der Waals surface area contributed by atoms with Gasteiger partial charge in [0.25, 0.3) is 0 Å². The predicted molar refractivity (Wildman–Crippen MR) is 166 cm³/mol. The first-order chi connectivity index (χ1) is 15.4. The lowest BCUT2D eigenvalue weighted by Crippen LogP contribution is -2.52. The number of hydrogen-bond donors (Lipinski definition) is 2. The molecule has 0 saturated heterocycles. The molecule has 0 bridgehead atoms. The molecule has 0 rings (SSSR count). The Morgan fingerprint density at radius 3 is 0.857 bits per heavy atom. The second-order valence-electron chi connectivity index (χ2n) is 14.6. The molecule has 212 valence electrons. The van der Waals surface area contributed by atoms with Crippen molar-refractivity contribution in [1.29, 1.82) is 0 Å². The molecule has 2 N–H and O–H groups in total. The van der Waals surface area contributed by atoms with Crippen LogP contribution in [0.2, 0.25) is 104 Å². The molecule has 0 aromatic rings. The molecule has 0 aliphatic carbocycles. The van der Waals surface area contributed by atoms with Gasteiger partial charge < -0.3 is 26.7 Å². The van der Waals surface area contributed by atoms with Crippen LogP contribution in [0.15, 0.2) is 0 Å². The van der Waals surface area contributed by atoms with Crippen molar-refractivity contribution in [2.75, 3.05) is 13.2 Å². The summed E-state index contributed by atoms with van der Waals surface area (Å²) >= 11 is 0. The first-order valence-electron chi connectivity index (χ1n) is 13.4. The van der Waals surface area contributed by atoms with Gasteiger partial charge in [-0.3, -0.25) is 0 Å². The number of rotatable bonds is 18. The van der Waals surface area contributed by atoms with Crippen molar-refractivity contribution in [2.24, 2.45) is 5.41 Å². The molecule has 35 heavy (non-hydrogen) atoms. The first kappa shape index (κ1) is 36.1. The summed E-state index contributed by atoms with van der Waals surface area (Å²) in [6.45, 7) is 31.1. The third-order valence-corrected chi connectivity index (χ3v) is 24.7. The van der Waals surface area contributed by atoms with Crippen LogP contribution in [0.4, 0.5) is 0 Å². The van der Waals surface area contributed by atoms with Crippen molar-refractivity contribution >= 4 is 50.4 Å². The normalized spacial score (nSPS) is 15.1. The van der Waals surface area contributed by atoms with Crippen LogP contribution in [0.5, 0.6) is 0 Å². The molecule has 0 aromatic carbocycles. The van der Waals surface area contributed by atoms with Gasteiger partial charge in [-0.15, -0.1) is 0 Å². The lowest BCUT2D eigenvalue weighted by molar-refractivity contribution is 0.0377. The maximum atomic E-state index is 10.3. The standard InChI is InChI=1S/C23H60O6Si6/c1-30(2,3)26-34(13,27-31(4,5)6)19-15-17-23(21-24,22-25)18-16-20-35(14,28-32(7,8)9)29-33(10,11)12/h24-25H,15-22H2,1-14H3. The van der Waals surface area contributed by atoms with Gasteiger partial charge in [0, 0.05) is 5.41 Å². The number of aliphatic hydroxyl groups excluding tert-OH is 2. The lowest BCUT2D eigenvalue weighted by atomic mass is 9.81. The zero-order valence-corrected chi connectivity index (χ0v) is 31.7. The molecule has 0 amide bonds. The average Bonchev–Trinajstić information content (AvgIpc) is 2.53. The monoisotopic (exact) mass is 600 g/mol. The SMILES string of the molecule is C[Si](C)(C)O[Si](C)(CCCC(CO)(CO)CCC[Si](C)(O[Si](C)(C)C)O[Si](C)(C)C)O[Si](C)(C)C. The minimum absolute atomic E-state index is 0.00640. The van der Waals surface area contributed by atoms with Crippen molar-refractivity contribution in [2.45, 2.75) is 129 Å². The summed E-state index contributed by atoms with van der Waals surface area (Å²) in [5.74, 6) is 0. The smallest absolute Gasteiger partial charge is 0.314 e. The van der Waals surface area contributed by atoms with Gasteiger partial charge in [-0.2, -0.15) is 0 Å². The Labute approximate surface area is 224 Å². The fraction of sp³-hybridized carbons (Fsp3) is 1.00. The zero-order chi connectivity index (χ0) is 28.0. The van der Waals surface area contributed by atoms with E-state index in [-0.39, 0.29) is 13.2 Å². The molecule has 0 aliphatic heterocycles. The van der Waals surface area contributed by atoms with E-state index in [0.29, 0.717) is 0 Å². The van der Waals surface area contributed by atoms with Crippen molar-refractivity contribution in [3.8, 4) is 0 Å². The first-order valence-corrected chi connectivity index (χ1v) is 32.1. The summed E-state index contributed by atoms with van der Waals surface area (Å²) in [7, 11) is -11.6. The van der Waals surface area contributed by atoms with E-state index in [1.54, 1.807) is 0 Å². The molecule has 0 radical (unpaired) electrons. The number of aliphatic hydroxyl groups is 2. The zero-order valence-electron chi connectivity index (χ0n) is 25.7. The van der Waals surface area contributed by atoms with Gasteiger partial charge in [0.15, 0.2) is 33.3 Å². The summed E-state index contributed by atoms with van der Waals surface area (Å²) in [5, 5.41) is 20.7. The summed E-state index contributed by atoms with van der Waals surface area (Å²) < 4.78 is 26.6. The Bertz CT molecular complexity index is 536. The Hall–Kier alpha value is 1.06. The van der Waals surface area contributed by atoms with Crippen LogP contribution in [0.3, 0.4) is 0 Å². The molecule has 0 fully saturated rings.